The fraction of sp³-hybridized carbons (Fsp3) is 0.579. The summed E-state index contributed by atoms with van der Waals surface area (Å²) in [5.41, 5.74) is 0.832. The van der Waals surface area contributed by atoms with Crippen molar-refractivity contribution in [1.29, 1.82) is 0 Å². The lowest BCUT2D eigenvalue weighted by Crippen LogP contribution is -2.48. The quantitative estimate of drug-likeness (QED) is 0.921. The van der Waals surface area contributed by atoms with Gasteiger partial charge in [0, 0.05) is 25.0 Å². The second kappa shape index (κ2) is 7.77. The van der Waals surface area contributed by atoms with Crippen LogP contribution in [0.5, 0.6) is 0 Å². The van der Waals surface area contributed by atoms with Crippen molar-refractivity contribution < 1.29 is 14.0 Å². The van der Waals surface area contributed by atoms with Gasteiger partial charge in [0.15, 0.2) is 0 Å². The van der Waals surface area contributed by atoms with Crippen LogP contribution >= 0.6 is 0 Å². The van der Waals surface area contributed by atoms with Gasteiger partial charge in [-0.25, -0.2) is 4.39 Å². The number of carbonyl (C=O) groups excluding carboxylic acids is 2. The molecule has 1 aromatic rings. The van der Waals surface area contributed by atoms with Gasteiger partial charge >= 0.3 is 0 Å². The highest BCUT2D eigenvalue weighted by atomic mass is 19.1. The van der Waals surface area contributed by atoms with Gasteiger partial charge in [-0.05, 0) is 43.4 Å². The van der Waals surface area contributed by atoms with Crippen LogP contribution < -0.4 is 5.32 Å². The number of carbonyl (C=O) groups is 2. The maximum absolute atomic E-state index is 12.9. The fourth-order valence-electron chi connectivity index (χ4n) is 3.67. The molecule has 0 aromatic heterocycles. The molecule has 4 nitrogen and oxygen atoms in total. The van der Waals surface area contributed by atoms with Crippen LogP contribution in [0.1, 0.15) is 44.1 Å². The van der Waals surface area contributed by atoms with Crippen molar-refractivity contribution in [2.75, 3.05) is 13.1 Å². The Morgan fingerprint density at radius 3 is 2.29 bits per heavy atom. The van der Waals surface area contributed by atoms with E-state index >= 15 is 0 Å². The first kappa shape index (κ1) is 16.9. The van der Waals surface area contributed by atoms with Gasteiger partial charge in [0.1, 0.15) is 5.82 Å². The molecule has 24 heavy (non-hydrogen) atoms. The zero-order chi connectivity index (χ0) is 16.9. The minimum atomic E-state index is -0.287. The Morgan fingerprint density at radius 1 is 1.04 bits per heavy atom. The molecule has 0 radical (unpaired) electrons. The third-order valence-corrected chi connectivity index (χ3v) is 5.19. The fourth-order valence-corrected chi connectivity index (χ4v) is 3.67. The van der Waals surface area contributed by atoms with Crippen molar-refractivity contribution >= 4 is 11.8 Å². The Morgan fingerprint density at radius 2 is 1.67 bits per heavy atom. The lowest BCUT2D eigenvalue weighted by atomic mass is 10.0. The molecule has 2 fully saturated rings. The Hall–Kier alpha value is -1.91. The summed E-state index contributed by atoms with van der Waals surface area (Å²) in [6.45, 7) is 1.35. The van der Waals surface area contributed by atoms with Gasteiger partial charge in [-0.1, -0.05) is 25.0 Å². The lowest BCUT2D eigenvalue weighted by molar-refractivity contribution is -0.131. The van der Waals surface area contributed by atoms with E-state index in [1.807, 2.05) is 4.90 Å². The molecule has 1 aliphatic carbocycles. The predicted molar refractivity (Wildman–Crippen MR) is 89.8 cm³/mol. The summed E-state index contributed by atoms with van der Waals surface area (Å²) in [5.74, 6) is 0.180. The highest BCUT2D eigenvalue weighted by molar-refractivity contribution is 5.80. The number of nitrogens with one attached hydrogen (secondary N) is 1. The van der Waals surface area contributed by atoms with Gasteiger partial charge in [-0.3, -0.25) is 9.59 Å². The Balaban J connectivity index is 1.43. The number of likely N-dealkylation sites (tertiary alicyclic amines) is 1. The number of piperidine rings is 1. The lowest BCUT2D eigenvalue weighted by Gasteiger charge is -2.33. The first-order valence-corrected chi connectivity index (χ1v) is 8.94. The van der Waals surface area contributed by atoms with E-state index < -0.39 is 0 Å². The SMILES string of the molecule is O=C(NC1CCN(C(=O)Cc2ccc(F)cc2)CC1)C1CCCC1. The highest BCUT2D eigenvalue weighted by Crippen LogP contribution is 2.25. The molecular weight excluding hydrogens is 307 g/mol. The average molecular weight is 332 g/mol. The van der Waals surface area contributed by atoms with Gasteiger partial charge in [0.25, 0.3) is 0 Å². The number of benzene rings is 1. The Labute approximate surface area is 142 Å². The average Bonchev–Trinajstić information content (AvgIpc) is 3.12. The largest absolute Gasteiger partial charge is 0.353 e. The van der Waals surface area contributed by atoms with Gasteiger partial charge in [0.05, 0.1) is 6.42 Å². The zero-order valence-corrected chi connectivity index (χ0v) is 14.0. The predicted octanol–water partition coefficient (Wildman–Crippen LogP) is 2.67. The minimum Gasteiger partial charge on any atom is -0.353 e. The van der Waals surface area contributed by atoms with E-state index in [-0.39, 0.29) is 29.6 Å². The monoisotopic (exact) mass is 332 g/mol. The number of halogens is 1. The van der Waals surface area contributed by atoms with Gasteiger partial charge in [-0.15, -0.1) is 0 Å². The molecule has 0 atom stereocenters. The van der Waals surface area contributed by atoms with Crippen LogP contribution in [0.2, 0.25) is 0 Å². The van der Waals surface area contributed by atoms with Crippen LogP contribution in [0.3, 0.4) is 0 Å². The van der Waals surface area contributed by atoms with Crippen molar-refractivity contribution in [2.45, 2.75) is 51.0 Å². The van der Waals surface area contributed by atoms with Crippen molar-refractivity contribution in [3.05, 3.63) is 35.6 Å². The summed E-state index contributed by atoms with van der Waals surface area (Å²) >= 11 is 0. The first-order chi connectivity index (χ1) is 11.6. The van der Waals surface area contributed by atoms with Crippen molar-refractivity contribution in [2.24, 2.45) is 5.92 Å². The standard InChI is InChI=1S/C19H25FN2O2/c20-16-7-5-14(6-8-16)13-18(23)22-11-9-17(10-12-22)21-19(24)15-3-1-2-4-15/h5-8,15,17H,1-4,9-13H2,(H,21,24). The maximum Gasteiger partial charge on any atom is 0.226 e. The molecule has 1 aromatic carbocycles. The zero-order valence-electron chi connectivity index (χ0n) is 14.0. The molecule has 1 saturated heterocycles. The minimum absolute atomic E-state index is 0.0715. The van der Waals surface area contributed by atoms with Crippen molar-refractivity contribution in [1.82, 2.24) is 10.2 Å². The second-order valence-electron chi connectivity index (χ2n) is 6.95. The summed E-state index contributed by atoms with van der Waals surface area (Å²) in [4.78, 5) is 26.4. The molecule has 1 saturated carbocycles. The van der Waals surface area contributed by atoms with E-state index in [1.54, 1.807) is 12.1 Å². The van der Waals surface area contributed by atoms with Gasteiger partial charge < -0.3 is 10.2 Å². The normalized spacial score (nSPS) is 19.5. The maximum atomic E-state index is 12.9. The third kappa shape index (κ3) is 4.34. The van der Waals surface area contributed by atoms with E-state index in [9.17, 15) is 14.0 Å². The molecule has 130 valence electrons. The number of hydrogen-bond donors (Lipinski definition) is 1. The molecule has 0 bridgehead atoms. The Kier molecular flexibility index (Phi) is 5.48. The molecule has 1 heterocycles. The third-order valence-electron chi connectivity index (χ3n) is 5.19. The smallest absolute Gasteiger partial charge is 0.226 e. The van der Waals surface area contributed by atoms with Crippen LogP contribution in [0, 0.1) is 11.7 Å². The van der Waals surface area contributed by atoms with E-state index in [4.69, 9.17) is 0 Å². The number of amides is 2. The van der Waals surface area contributed by atoms with E-state index in [0.717, 1.165) is 44.1 Å². The molecule has 1 N–H and O–H groups in total. The number of rotatable bonds is 4. The summed E-state index contributed by atoms with van der Waals surface area (Å²) in [5, 5.41) is 3.16. The molecule has 0 spiro atoms. The van der Waals surface area contributed by atoms with Crippen LogP contribution in [0.4, 0.5) is 4.39 Å². The van der Waals surface area contributed by atoms with Crippen LogP contribution in [-0.2, 0) is 16.0 Å². The summed E-state index contributed by atoms with van der Waals surface area (Å²) in [6.07, 6.45) is 6.28. The summed E-state index contributed by atoms with van der Waals surface area (Å²) in [6, 6.07) is 6.26. The molecule has 0 unspecified atom stereocenters. The highest BCUT2D eigenvalue weighted by Gasteiger charge is 2.27. The number of hydrogen-bond acceptors (Lipinski definition) is 2. The second-order valence-corrected chi connectivity index (χ2v) is 6.95. The molecule has 3 rings (SSSR count). The van der Waals surface area contributed by atoms with Crippen LogP contribution in [0.15, 0.2) is 24.3 Å². The van der Waals surface area contributed by atoms with Gasteiger partial charge in [0.2, 0.25) is 11.8 Å². The topological polar surface area (TPSA) is 49.4 Å². The Bertz CT molecular complexity index is 574. The molecular formula is C19H25FN2O2. The van der Waals surface area contributed by atoms with Crippen molar-refractivity contribution in [3.8, 4) is 0 Å². The van der Waals surface area contributed by atoms with Crippen molar-refractivity contribution in [3.63, 3.8) is 0 Å². The molecule has 2 aliphatic rings. The van der Waals surface area contributed by atoms with E-state index in [0.29, 0.717) is 19.5 Å². The van der Waals surface area contributed by atoms with Crippen LogP contribution in [-0.4, -0.2) is 35.8 Å². The summed E-state index contributed by atoms with van der Waals surface area (Å²) in [7, 11) is 0. The molecule has 2 amide bonds. The van der Waals surface area contributed by atoms with Crippen LogP contribution in [0.25, 0.3) is 0 Å². The van der Waals surface area contributed by atoms with E-state index in [1.165, 1.54) is 12.1 Å². The van der Waals surface area contributed by atoms with E-state index in [2.05, 4.69) is 5.32 Å². The molecule has 1 aliphatic heterocycles. The molecule has 5 heteroatoms. The summed E-state index contributed by atoms with van der Waals surface area (Å²) < 4.78 is 12.9. The first-order valence-electron chi connectivity index (χ1n) is 8.94. The van der Waals surface area contributed by atoms with Gasteiger partial charge in [-0.2, -0.15) is 0 Å². The number of nitrogens with zero attached hydrogens (tertiary/aromatic N) is 1.